The van der Waals surface area contributed by atoms with E-state index in [0.29, 0.717) is 29.1 Å². The molecule has 0 radical (unpaired) electrons. The summed E-state index contributed by atoms with van der Waals surface area (Å²) in [5.74, 6) is -0.504. The number of aliphatic hydroxyl groups is 1. The lowest BCUT2D eigenvalue weighted by Gasteiger charge is -2.05. The van der Waals surface area contributed by atoms with Crippen LogP contribution in [0, 0.1) is 17.1 Å². The van der Waals surface area contributed by atoms with E-state index in [1.165, 1.54) is 18.3 Å². The molecule has 0 atom stereocenters. The van der Waals surface area contributed by atoms with Gasteiger partial charge in [0, 0.05) is 29.1 Å². The molecule has 1 aromatic carbocycles. The lowest BCUT2D eigenvalue weighted by molar-refractivity contribution is 0.269. The van der Waals surface area contributed by atoms with Crippen molar-refractivity contribution >= 4 is 17.2 Å². The van der Waals surface area contributed by atoms with Gasteiger partial charge in [0.25, 0.3) is 0 Å². The van der Waals surface area contributed by atoms with E-state index in [0.717, 1.165) is 11.1 Å². The minimum atomic E-state index is -0.504. The molecular formula is C19H13ClFN5O. The third kappa shape index (κ3) is 3.05. The predicted octanol–water partition coefficient (Wildman–Crippen LogP) is 3.52. The summed E-state index contributed by atoms with van der Waals surface area (Å²) in [6.07, 6.45) is 5.11. The fourth-order valence-electron chi connectivity index (χ4n) is 2.93. The van der Waals surface area contributed by atoms with E-state index in [9.17, 15) is 14.8 Å². The van der Waals surface area contributed by atoms with Gasteiger partial charge >= 0.3 is 0 Å². The molecule has 0 fully saturated rings. The first-order valence-electron chi connectivity index (χ1n) is 8.12. The van der Waals surface area contributed by atoms with E-state index in [1.807, 2.05) is 6.07 Å². The number of rotatable bonds is 4. The first-order valence-corrected chi connectivity index (χ1v) is 8.50. The summed E-state index contributed by atoms with van der Waals surface area (Å²) >= 11 is 5.94. The molecule has 0 aliphatic heterocycles. The fourth-order valence-corrected chi connectivity index (χ4v) is 3.11. The molecule has 134 valence electrons. The third-order valence-electron chi connectivity index (χ3n) is 4.21. The Bertz CT molecular complexity index is 1190. The average molecular weight is 382 g/mol. The summed E-state index contributed by atoms with van der Waals surface area (Å²) < 4.78 is 16.9. The Labute approximate surface area is 158 Å². The highest BCUT2D eigenvalue weighted by molar-refractivity contribution is 6.31. The highest BCUT2D eigenvalue weighted by Crippen LogP contribution is 2.33. The minimum absolute atomic E-state index is 0.00647. The van der Waals surface area contributed by atoms with Crippen LogP contribution in [0.1, 0.15) is 5.69 Å². The highest BCUT2D eigenvalue weighted by Gasteiger charge is 2.16. The zero-order valence-electron chi connectivity index (χ0n) is 14.0. The van der Waals surface area contributed by atoms with Gasteiger partial charge in [0.1, 0.15) is 28.9 Å². The lowest BCUT2D eigenvalue weighted by atomic mass is 10.0. The molecule has 0 saturated carbocycles. The van der Waals surface area contributed by atoms with Crippen molar-refractivity contribution in [2.45, 2.75) is 6.54 Å². The number of fused-ring (bicyclic) bond motifs is 1. The van der Waals surface area contributed by atoms with Crippen LogP contribution in [-0.4, -0.2) is 30.9 Å². The number of aliphatic hydroxyl groups excluding tert-OH is 1. The van der Waals surface area contributed by atoms with Gasteiger partial charge in [0.2, 0.25) is 0 Å². The lowest BCUT2D eigenvalue weighted by Crippen LogP contribution is -2.02. The van der Waals surface area contributed by atoms with Crippen LogP contribution >= 0.6 is 11.6 Å². The zero-order valence-corrected chi connectivity index (χ0v) is 14.7. The monoisotopic (exact) mass is 381 g/mol. The highest BCUT2D eigenvalue weighted by atomic mass is 35.5. The Balaban J connectivity index is 1.91. The van der Waals surface area contributed by atoms with Gasteiger partial charge in [-0.3, -0.25) is 9.08 Å². The van der Waals surface area contributed by atoms with Crippen molar-refractivity contribution in [1.29, 1.82) is 5.26 Å². The standard InChI is InChI=1S/C19H13ClFN5O/c20-16-7-12(1-3-17(16)21)19-15(11-25(24-19)5-6-27)13-2-4-18-23-9-14(8-22)26(18)10-13/h1-4,7,9-11,27H,5-6H2. The topological polar surface area (TPSA) is 79.1 Å². The maximum atomic E-state index is 13.6. The average Bonchev–Trinajstić information content (AvgIpc) is 3.27. The van der Waals surface area contributed by atoms with Crippen LogP contribution in [0.4, 0.5) is 4.39 Å². The third-order valence-corrected chi connectivity index (χ3v) is 4.50. The molecule has 0 spiro atoms. The van der Waals surface area contributed by atoms with Gasteiger partial charge in [-0.05, 0) is 30.3 Å². The maximum absolute atomic E-state index is 13.6. The molecule has 1 N–H and O–H groups in total. The molecule has 3 aromatic heterocycles. The molecule has 0 aliphatic carbocycles. The Morgan fingerprint density at radius 2 is 2.00 bits per heavy atom. The second kappa shape index (κ2) is 6.83. The van der Waals surface area contributed by atoms with Crippen molar-refractivity contribution < 1.29 is 9.50 Å². The summed E-state index contributed by atoms with van der Waals surface area (Å²) in [7, 11) is 0. The van der Waals surface area contributed by atoms with Crippen LogP contribution in [0.25, 0.3) is 28.0 Å². The quantitative estimate of drug-likeness (QED) is 0.586. The van der Waals surface area contributed by atoms with Crippen molar-refractivity contribution in [2.75, 3.05) is 6.61 Å². The van der Waals surface area contributed by atoms with E-state index < -0.39 is 5.82 Å². The number of hydrogen-bond acceptors (Lipinski definition) is 4. The molecular weight excluding hydrogens is 369 g/mol. The number of aromatic nitrogens is 4. The number of benzene rings is 1. The van der Waals surface area contributed by atoms with E-state index in [1.54, 1.807) is 33.6 Å². The molecule has 4 rings (SSSR count). The number of nitriles is 1. The molecule has 4 aromatic rings. The number of nitrogens with zero attached hydrogens (tertiary/aromatic N) is 5. The smallest absolute Gasteiger partial charge is 0.144 e. The van der Waals surface area contributed by atoms with E-state index in [2.05, 4.69) is 16.2 Å². The van der Waals surface area contributed by atoms with Crippen LogP contribution < -0.4 is 0 Å². The van der Waals surface area contributed by atoms with E-state index in [4.69, 9.17) is 11.6 Å². The molecule has 0 bridgehead atoms. The maximum Gasteiger partial charge on any atom is 0.144 e. The largest absolute Gasteiger partial charge is 0.394 e. The molecule has 6 nitrogen and oxygen atoms in total. The van der Waals surface area contributed by atoms with Gasteiger partial charge in [-0.1, -0.05) is 11.6 Å². The Kier molecular flexibility index (Phi) is 4.36. The number of imidazole rings is 1. The Hall–Kier alpha value is -3.21. The van der Waals surface area contributed by atoms with Crippen LogP contribution in [-0.2, 0) is 6.54 Å². The Morgan fingerprint density at radius 1 is 1.19 bits per heavy atom. The van der Waals surface area contributed by atoms with Crippen molar-refractivity contribution in [3.8, 4) is 28.5 Å². The molecule has 0 amide bonds. The molecule has 3 heterocycles. The minimum Gasteiger partial charge on any atom is -0.394 e. The number of halogens is 2. The summed E-state index contributed by atoms with van der Waals surface area (Å²) in [5.41, 5.74) is 3.90. The number of pyridine rings is 1. The summed E-state index contributed by atoms with van der Waals surface area (Å²) in [5, 5.41) is 23.0. The van der Waals surface area contributed by atoms with Gasteiger partial charge in [0.05, 0.1) is 24.4 Å². The van der Waals surface area contributed by atoms with Crippen LogP contribution in [0.15, 0.2) is 48.9 Å². The van der Waals surface area contributed by atoms with Gasteiger partial charge < -0.3 is 5.11 Å². The molecule has 0 unspecified atom stereocenters. The van der Waals surface area contributed by atoms with Crippen molar-refractivity contribution in [3.05, 3.63) is 65.5 Å². The van der Waals surface area contributed by atoms with Crippen molar-refractivity contribution in [1.82, 2.24) is 19.2 Å². The summed E-state index contributed by atoms with van der Waals surface area (Å²) in [4.78, 5) is 4.19. The van der Waals surface area contributed by atoms with E-state index >= 15 is 0 Å². The van der Waals surface area contributed by atoms with Crippen molar-refractivity contribution in [3.63, 3.8) is 0 Å². The predicted molar refractivity (Wildman–Crippen MR) is 98.6 cm³/mol. The normalized spacial score (nSPS) is 11.0. The second-order valence-corrected chi connectivity index (χ2v) is 6.32. The van der Waals surface area contributed by atoms with Crippen LogP contribution in [0.5, 0.6) is 0 Å². The summed E-state index contributed by atoms with van der Waals surface area (Å²) in [6, 6.07) is 10.2. The molecule has 27 heavy (non-hydrogen) atoms. The first kappa shape index (κ1) is 17.2. The zero-order chi connectivity index (χ0) is 19.0. The van der Waals surface area contributed by atoms with Crippen molar-refractivity contribution in [2.24, 2.45) is 0 Å². The second-order valence-electron chi connectivity index (χ2n) is 5.91. The van der Waals surface area contributed by atoms with Crippen LogP contribution in [0.3, 0.4) is 0 Å². The molecule has 0 aliphatic rings. The first-order chi connectivity index (χ1) is 13.1. The van der Waals surface area contributed by atoms with Gasteiger partial charge in [-0.25, -0.2) is 9.37 Å². The number of hydrogen-bond donors (Lipinski definition) is 1. The molecule has 8 heteroatoms. The van der Waals surface area contributed by atoms with Gasteiger partial charge in [-0.2, -0.15) is 10.4 Å². The summed E-state index contributed by atoms with van der Waals surface area (Å²) in [6.45, 7) is 0.253. The van der Waals surface area contributed by atoms with Gasteiger partial charge in [-0.15, -0.1) is 0 Å². The van der Waals surface area contributed by atoms with Gasteiger partial charge in [0.15, 0.2) is 0 Å². The fraction of sp³-hybridized carbons (Fsp3) is 0.105. The van der Waals surface area contributed by atoms with Crippen LogP contribution in [0.2, 0.25) is 5.02 Å². The SMILES string of the molecule is N#Cc1cnc2ccc(-c3cn(CCO)nc3-c3ccc(F)c(Cl)c3)cn12. The Morgan fingerprint density at radius 3 is 2.74 bits per heavy atom. The molecule has 0 saturated heterocycles. The van der Waals surface area contributed by atoms with E-state index in [-0.39, 0.29) is 11.6 Å².